The number of hydrogen-bond donors (Lipinski definition) is 2. The Kier molecular flexibility index (Phi) is 6.30. The number of aromatic nitrogens is 3. The molecule has 6 rings (SSSR count). The minimum absolute atomic E-state index is 0.229. The smallest absolute Gasteiger partial charge is 0.255 e. The molecular weight excluding hydrogens is 545 g/mol. The maximum atomic E-state index is 13.6. The lowest BCUT2D eigenvalue weighted by atomic mass is 10.0. The molecule has 0 atom stereocenters. The van der Waals surface area contributed by atoms with Crippen LogP contribution in [0.2, 0.25) is 0 Å². The predicted octanol–water partition coefficient (Wildman–Crippen LogP) is 5.60. The molecule has 0 unspecified atom stereocenters. The number of halogens is 1. The first-order valence-corrected chi connectivity index (χ1v) is 14.4. The van der Waals surface area contributed by atoms with E-state index in [0.717, 1.165) is 16.1 Å². The van der Waals surface area contributed by atoms with Gasteiger partial charge in [-0.15, -0.1) is 0 Å². The minimum atomic E-state index is -3.69. The van der Waals surface area contributed by atoms with Gasteiger partial charge in [0.1, 0.15) is 23.0 Å². The fraction of sp³-hybridized carbons (Fsp3) is 0.100. The quantitative estimate of drug-likeness (QED) is 0.269. The van der Waals surface area contributed by atoms with Crippen LogP contribution in [0.5, 0.6) is 0 Å². The number of amides is 1. The molecule has 0 radical (unpaired) electrons. The van der Waals surface area contributed by atoms with Crippen LogP contribution in [-0.4, -0.2) is 49.6 Å². The highest BCUT2D eigenvalue weighted by atomic mass is 32.2. The topological polar surface area (TPSA) is 121 Å². The van der Waals surface area contributed by atoms with E-state index < -0.39 is 21.7 Å². The van der Waals surface area contributed by atoms with E-state index in [0.29, 0.717) is 44.9 Å². The van der Waals surface area contributed by atoms with Gasteiger partial charge in [-0.25, -0.2) is 22.8 Å². The number of pyridine rings is 1. The Morgan fingerprint density at radius 2 is 1.71 bits per heavy atom. The summed E-state index contributed by atoms with van der Waals surface area (Å²) in [6, 6.07) is 22.0. The summed E-state index contributed by atoms with van der Waals surface area (Å²) < 4.78 is 46.2. The maximum Gasteiger partial charge on any atom is 0.255 e. The Labute approximate surface area is 234 Å². The molecule has 0 aliphatic carbocycles. The van der Waals surface area contributed by atoms with Gasteiger partial charge in [-0.2, -0.15) is 0 Å². The van der Waals surface area contributed by atoms with Crippen molar-refractivity contribution >= 4 is 43.8 Å². The number of benzene rings is 3. The molecule has 3 aromatic heterocycles. The fourth-order valence-corrected chi connectivity index (χ4v) is 5.22. The zero-order valence-electron chi connectivity index (χ0n) is 22.3. The van der Waals surface area contributed by atoms with Crippen LogP contribution < -0.4 is 9.62 Å². The summed E-state index contributed by atoms with van der Waals surface area (Å²) in [5.74, 6) is 0.0324. The van der Waals surface area contributed by atoms with Gasteiger partial charge < -0.3 is 14.7 Å². The van der Waals surface area contributed by atoms with Crippen molar-refractivity contribution < 1.29 is 22.0 Å². The molecule has 0 fully saturated rings. The lowest BCUT2D eigenvalue weighted by molar-refractivity contribution is 0.0964. The summed E-state index contributed by atoms with van der Waals surface area (Å²) in [7, 11) is -0.755. The number of hydrogen-bond acceptors (Lipinski definition) is 6. The first-order chi connectivity index (χ1) is 19.6. The van der Waals surface area contributed by atoms with Gasteiger partial charge >= 0.3 is 0 Å². The van der Waals surface area contributed by atoms with Crippen LogP contribution in [0, 0.1) is 5.82 Å². The van der Waals surface area contributed by atoms with E-state index in [-0.39, 0.29) is 16.9 Å². The van der Waals surface area contributed by atoms with Crippen molar-refractivity contribution in [2.24, 2.45) is 0 Å². The van der Waals surface area contributed by atoms with E-state index in [1.54, 1.807) is 18.2 Å². The number of H-pyrrole nitrogens is 1. The number of nitrogens with one attached hydrogen (secondary N) is 2. The largest absolute Gasteiger partial charge is 0.455 e. The van der Waals surface area contributed by atoms with Gasteiger partial charge in [-0.05, 0) is 42.5 Å². The molecule has 1 amide bonds. The van der Waals surface area contributed by atoms with Gasteiger partial charge in [-0.3, -0.25) is 9.10 Å². The summed E-state index contributed by atoms with van der Waals surface area (Å²) in [6.45, 7) is 0. The van der Waals surface area contributed by atoms with E-state index in [9.17, 15) is 17.6 Å². The Morgan fingerprint density at radius 3 is 2.39 bits per heavy atom. The second kappa shape index (κ2) is 9.86. The molecule has 6 aromatic rings. The Morgan fingerprint density at radius 1 is 0.976 bits per heavy atom. The molecule has 0 bridgehead atoms. The highest BCUT2D eigenvalue weighted by molar-refractivity contribution is 7.92. The minimum Gasteiger partial charge on any atom is -0.455 e. The van der Waals surface area contributed by atoms with Crippen LogP contribution in [-0.2, 0) is 10.0 Å². The maximum absolute atomic E-state index is 13.6. The van der Waals surface area contributed by atoms with E-state index in [4.69, 9.17) is 9.40 Å². The number of carbonyl (C=O) groups is 1. The van der Waals surface area contributed by atoms with Crippen molar-refractivity contribution in [1.82, 2.24) is 20.3 Å². The summed E-state index contributed by atoms with van der Waals surface area (Å²) >= 11 is 0. The normalized spacial score (nSPS) is 11.7. The third kappa shape index (κ3) is 4.70. The van der Waals surface area contributed by atoms with Crippen LogP contribution in [0.15, 0.2) is 83.3 Å². The fourth-order valence-electron chi connectivity index (χ4n) is 4.71. The Balaban J connectivity index is 1.60. The standard InChI is InChI=1S/C30H24FN5O4S/c1-32-30(37)26-21-15-20(22-13-14-23-29(33-22)35-28(34-23)18-7-5-4-6-8-18)24(36(2)41(3,38)39)16-25(21)40-27(26)17-9-11-19(31)12-10-17/h4-16H,1-3H3,(H,32,37)(H,33,34,35). The molecule has 206 valence electrons. The van der Waals surface area contributed by atoms with Crippen molar-refractivity contribution in [1.29, 1.82) is 0 Å². The third-order valence-electron chi connectivity index (χ3n) is 6.87. The molecule has 9 nitrogen and oxygen atoms in total. The Hall–Kier alpha value is -5.03. The van der Waals surface area contributed by atoms with Crippen molar-refractivity contribution in [3.05, 3.63) is 90.2 Å². The average molecular weight is 570 g/mol. The zero-order chi connectivity index (χ0) is 28.9. The molecule has 41 heavy (non-hydrogen) atoms. The van der Waals surface area contributed by atoms with Crippen molar-refractivity contribution in [2.75, 3.05) is 24.7 Å². The second-order valence-corrected chi connectivity index (χ2v) is 11.5. The third-order valence-corrected chi connectivity index (χ3v) is 8.06. The number of sulfonamides is 1. The molecule has 3 heterocycles. The molecule has 0 spiro atoms. The molecule has 3 aromatic carbocycles. The number of anilines is 1. The summed E-state index contributed by atoms with van der Waals surface area (Å²) in [5.41, 5.74) is 4.25. The second-order valence-electron chi connectivity index (χ2n) is 9.51. The number of aromatic amines is 1. The van der Waals surface area contributed by atoms with Crippen molar-refractivity contribution in [3.8, 4) is 34.0 Å². The highest BCUT2D eigenvalue weighted by Gasteiger charge is 2.26. The molecule has 2 N–H and O–H groups in total. The summed E-state index contributed by atoms with van der Waals surface area (Å²) in [5, 5.41) is 3.08. The van der Waals surface area contributed by atoms with E-state index in [1.807, 2.05) is 36.4 Å². The van der Waals surface area contributed by atoms with E-state index >= 15 is 0 Å². The number of carbonyl (C=O) groups excluding carboxylic acids is 1. The summed E-state index contributed by atoms with van der Waals surface area (Å²) in [6.07, 6.45) is 1.10. The SMILES string of the molecule is CNC(=O)c1c(-c2ccc(F)cc2)oc2cc(N(C)S(C)(=O)=O)c(-c3ccc4[nH]c(-c5ccccc5)nc4n3)cc12. The average Bonchev–Trinajstić information content (AvgIpc) is 3.57. The van der Waals surface area contributed by atoms with Crippen LogP contribution in [0.4, 0.5) is 10.1 Å². The first kappa shape index (κ1) is 26.2. The van der Waals surface area contributed by atoms with E-state index in [1.165, 1.54) is 38.4 Å². The number of rotatable bonds is 6. The molecular formula is C30H24FN5O4S. The molecule has 0 saturated carbocycles. The lowest BCUT2D eigenvalue weighted by Gasteiger charge is -2.20. The van der Waals surface area contributed by atoms with E-state index in [2.05, 4.69) is 15.3 Å². The Bertz CT molecular complexity index is 2050. The number of nitrogens with zero attached hydrogens (tertiary/aromatic N) is 3. The van der Waals surface area contributed by atoms with Crippen LogP contribution in [0.1, 0.15) is 10.4 Å². The lowest BCUT2D eigenvalue weighted by Crippen LogP contribution is -2.25. The number of fused-ring (bicyclic) bond motifs is 2. The number of furan rings is 1. The number of imidazole rings is 1. The zero-order valence-corrected chi connectivity index (χ0v) is 23.1. The molecule has 0 saturated heterocycles. The van der Waals surface area contributed by atoms with Crippen LogP contribution in [0.3, 0.4) is 0 Å². The first-order valence-electron chi connectivity index (χ1n) is 12.6. The monoisotopic (exact) mass is 569 g/mol. The van der Waals surface area contributed by atoms with Crippen LogP contribution >= 0.6 is 0 Å². The van der Waals surface area contributed by atoms with Crippen LogP contribution in [0.25, 0.3) is 56.1 Å². The highest BCUT2D eigenvalue weighted by Crippen LogP contribution is 2.41. The van der Waals surface area contributed by atoms with Gasteiger partial charge in [0.25, 0.3) is 5.91 Å². The van der Waals surface area contributed by atoms with Gasteiger partial charge in [0, 0.05) is 42.2 Å². The molecule has 0 aliphatic rings. The molecule has 0 aliphatic heterocycles. The van der Waals surface area contributed by atoms with Crippen molar-refractivity contribution in [2.45, 2.75) is 0 Å². The predicted molar refractivity (Wildman–Crippen MR) is 157 cm³/mol. The summed E-state index contributed by atoms with van der Waals surface area (Å²) in [4.78, 5) is 25.8. The van der Waals surface area contributed by atoms with Gasteiger partial charge in [0.05, 0.1) is 28.7 Å². The van der Waals surface area contributed by atoms with Gasteiger partial charge in [0.2, 0.25) is 10.0 Å². The molecule has 11 heteroatoms. The van der Waals surface area contributed by atoms with Gasteiger partial charge in [0.15, 0.2) is 5.65 Å². The van der Waals surface area contributed by atoms with Crippen molar-refractivity contribution in [3.63, 3.8) is 0 Å². The van der Waals surface area contributed by atoms with Gasteiger partial charge in [-0.1, -0.05) is 30.3 Å².